The van der Waals surface area contributed by atoms with Crippen molar-refractivity contribution in [1.29, 1.82) is 0 Å². The van der Waals surface area contributed by atoms with Crippen molar-refractivity contribution in [3.8, 4) is 0 Å². The molecule has 0 aliphatic carbocycles. The molecule has 1 aromatic heterocycles. The van der Waals surface area contributed by atoms with Crippen molar-refractivity contribution in [2.45, 2.75) is 32.6 Å². The number of likely N-dealkylation sites (N-methyl/N-ethyl adjacent to an activating group) is 1. The molecule has 2 aliphatic heterocycles. The predicted molar refractivity (Wildman–Crippen MR) is 120 cm³/mol. The zero-order valence-corrected chi connectivity index (χ0v) is 18.5. The Bertz CT molecular complexity index is 902. The number of aromatic nitrogens is 2. The Morgan fingerprint density at radius 2 is 2.21 bits per heavy atom. The molecule has 7 nitrogen and oxygen atoms in total. The molecule has 1 fully saturated rings. The van der Waals surface area contributed by atoms with Gasteiger partial charge < -0.3 is 15.0 Å². The first-order chi connectivity index (χ1) is 13.6. The maximum Gasteiger partial charge on any atom is 0.162 e. The topological polar surface area (TPSA) is 78.0 Å². The number of aryl methyl sites for hydroxylation is 1. The van der Waals surface area contributed by atoms with E-state index >= 15 is 0 Å². The number of hydrogen-bond acceptors (Lipinski definition) is 7. The number of rotatable bonds is 7. The molecule has 1 aromatic carbocycles. The first-order valence-corrected chi connectivity index (χ1v) is 10.6. The predicted octanol–water partition coefficient (Wildman–Crippen LogP) is 2.71. The molecule has 0 spiro atoms. The van der Waals surface area contributed by atoms with Gasteiger partial charge in [-0.25, -0.2) is 15.0 Å². The van der Waals surface area contributed by atoms with E-state index < -0.39 is 0 Å². The maximum absolute atomic E-state index is 5.75. The van der Waals surface area contributed by atoms with E-state index in [1.807, 2.05) is 20.9 Å². The summed E-state index contributed by atoms with van der Waals surface area (Å²) in [6.45, 7) is 6.68. The molecule has 2 aromatic rings. The normalized spacial score (nSPS) is 21.1. The van der Waals surface area contributed by atoms with Crippen molar-refractivity contribution in [3.05, 3.63) is 39.4 Å². The highest BCUT2D eigenvalue weighted by molar-refractivity contribution is 14.1. The number of fused-ring (bicyclic) bond motifs is 1. The number of halogens is 1. The molecule has 2 atom stereocenters. The van der Waals surface area contributed by atoms with Crippen molar-refractivity contribution in [2.75, 3.05) is 31.6 Å². The van der Waals surface area contributed by atoms with Gasteiger partial charge in [-0.1, -0.05) is 0 Å². The van der Waals surface area contributed by atoms with Crippen LogP contribution in [0, 0.1) is 10.5 Å². The second-order valence-electron chi connectivity index (χ2n) is 7.09. The summed E-state index contributed by atoms with van der Waals surface area (Å²) in [6, 6.07) is 6.56. The van der Waals surface area contributed by atoms with Gasteiger partial charge >= 0.3 is 0 Å². The lowest BCUT2D eigenvalue weighted by atomic mass is 10.2. The lowest BCUT2D eigenvalue weighted by Gasteiger charge is -2.20. The summed E-state index contributed by atoms with van der Waals surface area (Å²) in [5.41, 5.74) is 5.22. The van der Waals surface area contributed by atoms with Gasteiger partial charge in [0, 0.05) is 34.6 Å². The van der Waals surface area contributed by atoms with Gasteiger partial charge in [0.25, 0.3) is 0 Å². The molecule has 28 heavy (non-hydrogen) atoms. The molecule has 0 saturated carbocycles. The minimum Gasteiger partial charge on any atom is -0.347 e. The molecular weight excluding hydrogens is 467 g/mol. The number of benzene rings is 1. The second-order valence-corrected chi connectivity index (χ2v) is 8.34. The van der Waals surface area contributed by atoms with Crippen LogP contribution >= 0.6 is 22.6 Å². The molecule has 2 unspecified atom stereocenters. The van der Waals surface area contributed by atoms with E-state index in [2.05, 4.69) is 66.3 Å². The average Bonchev–Trinajstić information content (AvgIpc) is 3.34. The zero-order valence-electron chi connectivity index (χ0n) is 16.4. The van der Waals surface area contributed by atoms with Crippen LogP contribution in [0.4, 0.5) is 17.2 Å². The lowest BCUT2D eigenvalue weighted by Crippen LogP contribution is -2.29. The first-order valence-electron chi connectivity index (χ1n) is 9.54. The van der Waals surface area contributed by atoms with Crippen molar-refractivity contribution < 1.29 is 4.74 Å². The van der Waals surface area contributed by atoms with E-state index in [0.29, 0.717) is 0 Å². The van der Waals surface area contributed by atoms with E-state index in [0.717, 1.165) is 49.0 Å². The summed E-state index contributed by atoms with van der Waals surface area (Å²) in [7, 11) is 1.94. The van der Waals surface area contributed by atoms with Gasteiger partial charge in [-0.3, -0.25) is 5.32 Å². The van der Waals surface area contributed by atoms with E-state index in [9.17, 15) is 0 Å². The van der Waals surface area contributed by atoms with Crippen LogP contribution in [0.15, 0.2) is 29.5 Å². The van der Waals surface area contributed by atoms with Gasteiger partial charge in [0.05, 0.1) is 5.69 Å². The smallest absolute Gasteiger partial charge is 0.162 e. The standard InChI is InChI=1S/C20H25IN6O/c1-12-17(26-13(2)18-20(28-18)23-8-7-22-3)19(25-11-24-12)27-9-6-14-10-15(21)4-5-16(14)27/h4-5,10-11,18,20,22-23H,6-9H2,1-3H3. The Balaban J connectivity index is 1.58. The highest BCUT2D eigenvalue weighted by atomic mass is 127. The number of nitrogens with one attached hydrogen (secondary N) is 2. The minimum atomic E-state index is 0.0109. The van der Waals surface area contributed by atoms with Crippen LogP contribution in [0.2, 0.25) is 0 Å². The number of epoxide rings is 1. The monoisotopic (exact) mass is 492 g/mol. The molecular formula is C20H25IN6O. The summed E-state index contributed by atoms with van der Waals surface area (Å²) in [6.07, 6.45) is 2.69. The largest absolute Gasteiger partial charge is 0.347 e. The third kappa shape index (κ3) is 4.05. The third-order valence-corrected chi connectivity index (χ3v) is 5.76. The van der Waals surface area contributed by atoms with Crippen molar-refractivity contribution in [3.63, 3.8) is 0 Å². The summed E-state index contributed by atoms with van der Waals surface area (Å²) in [4.78, 5) is 16.1. The summed E-state index contributed by atoms with van der Waals surface area (Å²) in [5, 5.41) is 6.49. The van der Waals surface area contributed by atoms with E-state index in [1.54, 1.807) is 6.33 Å². The first kappa shape index (κ1) is 19.7. The Kier molecular flexibility index (Phi) is 5.91. The second kappa shape index (κ2) is 8.40. The quantitative estimate of drug-likeness (QED) is 0.268. The molecule has 2 aliphatic rings. The maximum atomic E-state index is 5.75. The van der Waals surface area contributed by atoms with Gasteiger partial charge in [0.2, 0.25) is 0 Å². The molecule has 4 rings (SSSR count). The minimum absolute atomic E-state index is 0.0109. The highest BCUT2D eigenvalue weighted by Gasteiger charge is 2.41. The number of hydrogen-bond donors (Lipinski definition) is 2. The fourth-order valence-corrected chi connectivity index (χ4v) is 4.09. The number of anilines is 2. The van der Waals surface area contributed by atoms with Gasteiger partial charge in [-0.15, -0.1) is 0 Å². The van der Waals surface area contributed by atoms with Crippen LogP contribution in [0.3, 0.4) is 0 Å². The number of nitrogens with zero attached hydrogens (tertiary/aromatic N) is 4. The fraction of sp³-hybridized carbons (Fsp3) is 0.450. The summed E-state index contributed by atoms with van der Waals surface area (Å²) >= 11 is 2.36. The van der Waals surface area contributed by atoms with Crippen LogP contribution < -0.4 is 15.5 Å². The Morgan fingerprint density at radius 3 is 3.04 bits per heavy atom. The van der Waals surface area contributed by atoms with Crippen LogP contribution in [0.5, 0.6) is 0 Å². The zero-order chi connectivity index (χ0) is 19.7. The van der Waals surface area contributed by atoms with Crippen molar-refractivity contribution in [2.24, 2.45) is 4.99 Å². The van der Waals surface area contributed by atoms with Crippen LogP contribution in [0.1, 0.15) is 18.2 Å². The molecule has 1 saturated heterocycles. The molecule has 2 N–H and O–H groups in total. The molecule has 8 heteroatoms. The Labute approximate surface area is 179 Å². The van der Waals surface area contributed by atoms with Gasteiger partial charge in [-0.05, 0) is 73.7 Å². The molecule has 0 radical (unpaired) electrons. The fourth-order valence-electron chi connectivity index (χ4n) is 3.54. The number of ether oxygens (including phenoxy) is 1. The lowest BCUT2D eigenvalue weighted by molar-refractivity contribution is 0.360. The Morgan fingerprint density at radius 1 is 1.36 bits per heavy atom. The van der Waals surface area contributed by atoms with Gasteiger partial charge in [0.1, 0.15) is 24.3 Å². The van der Waals surface area contributed by atoms with Crippen molar-refractivity contribution in [1.82, 2.24) is 20.6 Å². The average molecular weight is 492 g/mol. The van der Waals surface area contributed by atoms with Gasteiger partial charge in [0.15, 0.2) is 5.82 Å². The molecule has 0 amide bonds. The van der Waals surface area contributed by atoms with E-state index in [-0.39, 0.29) is 12.3 Å². The summed E-state index contributed by atoms with van der Waals surface area (Å²) in [5.74, 6) is 0.868. The number of aliphatic imine (C=N–C) groups is 1. The highest BCUT2D eigenvalue weighted by Crippen LogP contribution is 2.40. The summed E-state index contributed by atoms with van der Waals surface area (Å²) < 4.78 is 7.01. The van der Waals surface area contributed by atoms with Crippen molar-refractivity contribution >= 4 is 45.5 Å². The van der Waals surface area contributed by atoms with E-state index in [4.69, 9.17) is 9.73 Å². The Hall–Kier alpha value is -1.62. The van der Waals surface area contributed by atoms with Crippen LogP contribution in [0.25, 0.3) is 0 Å². The SMILES string of the molecule is CNCCNC1OC1C(C)=Nc1c(C)ncnc1N1CCc2cc(I)ccc21. The van der Waals surface area contributed by atoms with Crippen LogP contribution in [-0.4, -0.2) is 54.7 Å². The van der Waals surface area contributed by atoms with Crippen LogP contribution in [-0.2, 0) is 11.2 Å². The molecule has 0 bridgehead atoms. The molecule has 3 heterocycles. The van der Waals surface area contributed by atoms with Gasteiger partial charge in [-0.2, -0.15) is 0 Å². The third-order valence-electron chi connectivity index (χ3n) is 5.09. The van der Waals surface area contributed by atoms with E-state index in [1.165, 1.54) is 14.8 Å². The molecule has 148 valence electrons.